The van der Waals surface area contributed by atoms with Gasteiger partial charge in [-0.05, 0) is 30.4 Å². The molecule has 0 bridgehead atoms. The Hall–Kier alpha value is -1.91. The monoisotopic (exact) mass is 391 g/mol. The van der Waals surface area contributed by atoms with Crippen LogP contribution in [0.3, 0.4) is 0 Å². The molecular formula is C20H19Cl2NO3. The third-order valence-electron chi connectivity index (χ3n) is 4.68. The summed E-state index contributed by atoms with van der Waals surface area (Å²) >= 11 is 11.5. The molecule has 0 atom stereocenters. The Labute approximate surface area is 162 Å². The number of benzene rings is 1. The second kappa shape index (κ2) is 8.65. The molecule has 0 aliphatic heterocycles. The first-order valence-electron chi connectivity index (χ1n) is 8.66. The number of halogens is 2. The maximum absolute atomic E-state index is 12.2. The minimum absolute atomic E-state index is 0.109. The number of ketones is 1. The Morgan fingerprint density at radius 1 is 1.04 bits per heavy atom. The summed E-state index contributed by atoms with van der Waals surface area (Å²) in [5.41, 5.74) is 1.96. The van der Waals surface area contributed by atoms with Gasteiger partial charge in [-0.25, -0.2) is 9.78 Å². The van der Waals surface area contributed by atoms with Crippen LogP contribution in [0.15, 0.2) is 36.5 Å². The van der Waals surface area contributed by atoms with Crippen LogP contribution in [0.25, 0.3) is 0 Å². The maximum atomic E-state index is 12.2. The molecule has 136 valence electrons. The van der Waals surface area contributed by atoms with Gasteiger partial charge in [-0.2, -0.15) is 0 Å². The van der Waals surface area contributed by atoms with E-state index in [1.165, 1.54) is 49.9 Å². The van der Waals surface area contributed by atoms with Crippen molar-refractivity contribution in [3.05, 3.63) is 63.4 Å². The number of nitrogens with zero attached hydrogens (tertiary/aromatic N) is 1. The molecule has 0 N–H and O–H groups in total. The molecule has 1 aliphatic carbocycles. The van der Waals surface area contributed by atoms with E-state index in [0.29, 0.717) is 11.5 Å². The van der Waals surface area contributed by atoms with Gasteiger partial charge >= 0.3 is 5.97 Å². The predicted molar refractivity (Wildman–Crippen MR) is 101 cm³/mol. The molecule has 0 spiro atoms. The van der Waals surface area contributed by atoms with Gasteiger partial charge in [0.05, 0.1) is 10.6 Å². The largest absolute Gasteiger partial charge is 0.454 e. The van der Waals surface area contributed by atoms with E-state index in [-0.39, 0.29) is 28.1 Å². The Bertz CT molecular complexity index is 799. The molecule has 1 aromatic carbocycles. The Kier molecular flexibility index (Phi) is 6.28. The standard InChI is InChI=1S/C20H19Cl2NO3/c21-17-10-16(11-23-19(17)22)20(25)26-12-18(24)15-8-6-14(7-9-15)13-4-2-1-3-5-13/h6-11,13H,1-5,12H2. The number of pyridine rings is 1. The van der Waals surface area contributed by atoms with E-state index >= 15 is 0 Å². The highest BCUT2D eigenvalue weighted by molar-refractivity contribution is 6.41. The second-order valence-electron chi connectivity index (χ2n) is 6.45. The molecule has 4 nitrogen and oxygen atoms in total. The van der Waals surface area contributed by atoms with Gasteiger partial charge in [0.1, 0.15) is 5.15 Å². The van der Waals surface area contributed by atoms with Crippen LogP contribution in [0, 0.1) is 0 Å². The van der Waals surface area contributed by atoms with Gasteiger partial charge in [-0.15, -0.1) is 0 Å². The lowest BCUT2D eigenvalue weighted by Gasteiger charge is -2.22. The van der Waals surface area contributed by atoms with Crippen LogP contribution in [-0.4, -0.2) is 23.3 Å². The van der Waals surface area contributed by atoms with Gasteiger partial charge < -0.3 is 4.74 Å². The van der Waals surface area contributed by atoms with Crippen molar-refractivity contribution in [2.75, 3.05) is 6.61 Å². The summed E-state index contributed by atoms with van der Waals surface area (Å²) in [5.74, 6) is -0.322. The van der Waals surface area contributed by atoms with Gasteiger partial charge in [0.15, 0.2) is 12.4 Å². The molecule has 1 heterocycles. The molecule has 6 heteroatoms. The van der Waals surface area contributed by atoms with Crippen molar-refractivity contribution in [2.24, 2.45) is 0 Å². The molecule has 1 saturated carbocycles. The van der Waals surface area contributed by atoms with Crippen molar-refractivity contribution in [3.8, 4) is 0 Å². The van der Waals surface area contributed by atoms with E-state index in [4.69, 9.17) is 27.9 Å². The van der Waals surface area contributed by atoms with Crippen LogP contribution in [-0.2, 0) is 4.74 Å². The summed E-state index contributed by atoms with van der Waals surface area (Å²) in [5, 5.41) is 0.267. The number of Topliss-reactive ketones (excluding diaryl/α,β-unsaturated/α-hetero) is 1. The summed E-state index contributed by atoms with van der Waals surface area (Å²) in [4.78, 5) is 28.0. The quantitative estimate of drug-likeness (QED) is 0.384. The molecule has 0 unspecified atom stereocenters. The van der Waals surface area contributed by atoms with E-state index in [9.17, 15) is 9.59 Å². The van der Waals surface area contributed by atoms with Crippen LogP contribution in [0.4, 0.5) is 0 Å². The second-order valence-corrected chi connectivity index (χ2v) is 7.22. The first kappa shape index (κ1) is 18.9. The van der Waals surface area contributed by atoms with E-state index in [1.807, 2.05) is 12.1 Å². The number of ether oxygens (including phenoxy) is 1. The molecule has 26 heavy (non-hydrogen) atoms. The van der Waals surface area contributed by atoms with Crippen molar-refractivity contribution in [2.45, 2.75) is 38.0 Å². The van der Waals surface area contributed by atoms with Crippen LogP contribution >= 0.6 is 23.2 Å². The number of carbonyl (C=O) groups excluding carboxylic acids is 2. The zero-order valence-corrected chi connectivity index (χ0v) is 15.7. The molecule has 1 aromatic heterocycles. The van der Waals surface area contributed by atoms with Gasteiger partial charge in [0.25, 0.3) is 0 Å². The summed E-state index contributed by atoms with van der Waals surface area (Å²) in [7, 11) is 0. The lowest BCUT2D eigenvalue weighted by molar-refractivity contribution is 0.0474. The van der Waals surface area contributed by atoms with Crippen LogP contribution < -0.4 is 0 Å². The minimum atomic E-state index is -0.664. The normalized spacial score (nSPS) is 14.8. The number of aromatic nitrogens is 1. The highest BCUT2D eigenvalue weighted by Gasteiger charge is 2.17. The van der Waals surface area contributed by atoms with E-state index < -0.39 is 5.97 Å². The zero-order chi connectivity index (χ0) is 18.5. The number of hydrogen-bond donors (Lipinski definition) is 0. The molecule has 1 aliphatic rings. The van der Waals surface area contributed by atoms with E-state index in [2.05, 4.69) is 4.98 Å². The molecule has 0 amide bonds. The first-order valence-corrected chi connectivity index (χ1v) is 9.41. The molecule has 2 aromatic rings. The topological polar surface area (TPSA) is 56.3 Å². The van der Waals surface area contributed by atoms with Crippen molar-refractivity contribution in [3.63, 3.8) is 0 Å². The smallest absolute Gasteiger partial charge is 0.340 e. The molecular weight excluding hydrogens is 373 g/mol. The zero-order valence-electron chi connectivity index (χ0n) is 14.2. The number of hydrogen-bond acceptors (Lipinski definition) is 4. The Morgan fingerprint density at radius 3 is 2.38 bits per heavy atom. The summed E-state index contributed by atoms with van der Waals surface area (Å²) in [6.45, 7) is -0.331. The summed E-state index contributed by atoms with van der Waals surface area (Å²) in [6, 6.07) is 8.99. The molecule has 1 fully saturated rings. The van der Waals surface area contributed by atoms with Crippen molar-refractivity contribution < 1.29 is 14.3 Å². The Balaban J connectivity index is 1.57. The third kappa shape index (κ3) is 4.63. The average Bonchev–Trinajstić information content (AvgIpc) is 2.68. The van der Waals surface area contributed by atoms with Gasteiger partial charge in [-0.1, -0.05) is 66.7 Å². The van der Waals surface area contributed by atoms with Crippen molar-refractivity contribution in [1.82, 2.24) is 4.98 Å². The average molecular weight is 392 g/mol. The van der Waals surface area contributed by atoms with Crippen LogP contribution in [0.5, 0.6) is 0 Å². The fourth-order valence-corrected chi connectivity index (χ4v) is 3.48. The lowest BCUT2D eigenvalue weighted by Crippen LogP contribution is -2.14. The van der Waals surface area contributed by atoms with Crippen LogP contribution in [0.1, 0.15) is 64.3 Å². The Morgan fingerprint density at radius 2 is 1.73 bits per heavy atom. The number of rotatable bonds is 5. The third-order valence-corrected chi connectivity index (χ3v) is 5.36. The van der Waals surface area contributed by atoms with Gasteiger partial charge in [-0.3, -0.25) is 4.79 Å². The first-order chi connectivity index (χ1) is 12.5. The summed E-state index contributed by atoms with van der Waals surface area (Å²) < 4.78 is 5.06. The highest BCUT2D eigenvalue weighted by atomic mass is 35.5. The van der Waals surface area contributed by atoms with Crippen molar-refractivity contribution >= 4 is 35.0 Å². The predicted octanol–water partition coefficient (Wildman–Crippen LogP) is 5.48. The maximum Gasteiger partial charge on any atom is 0.340 e. The minimum Gasteiger partial charge on any atom is -0.454 e. The number of esters is 1. The van der Waals surface area contributed by atoms with E-state index in [0.717, 1.165) is 0 Å². The van der Waals surface area contributed by atoms with Crippen LogP contribution in [0.2, 0.25) is 10.2 Å². The van der Waals surface area contributed by atoms with Gasteiger partial charge in [0, 0.05) is 11.8 Å². The summed E-state index contributed by atoms with van der Waals surface area (Å²) in [6.07, 6.45) is 7.54. The fraction of sp³-hybridized carbons (Fsp3) is 0.350. The fourth-order valence-electron chi connectivity index (χ4n) is 3.21. The van der Waals surface area contributed by atoms with Crippen molar-refractivity contribution in [1.29, 1.82) is 0 Å². The van der Waals surface area contributed by atoms with Gasteiger partial charge in [0.2, 0.25) is 0 Å². The highest BCUT2D eigenvalue weighted by Crippen LogP contribution is 2.32. The van der Waals surface area contributed by atoms with E-state index in [1.54, 1.807) is 12.1 Å². The molecule has 0 saturated heterocycles. The SMILES string of the molecule is O=C(COC(=O)c1cnc(Cl)c(Cl)c1)c1ccc(C2CCCCC2)cc1. The molecule has 3 rings (SSSR count). The molecule has 0 radical (unpaired) electrons. The number of carbonyl (C=O) groups is 2. The lowest BCUT2D eigenvalue weighted by atomic mass is 9.84.